The lowest BCUT2D eigenvalue weighted by atomic mass is 9.74. The molecule has 1 N–H and O–H groups in total. The van der Waals surface area contributed by atoms with Crippen molar-refractivity contribution in [3.8, 4) is 5.75 Å². The van der Waals surface area contributed by atoms with Crippen molar-refractivity contribution in [1.29, 1.82) is 0 Å². The van der Waals surface area contributed by atoms with Gasteiger partial charge in [0, 0.05) is 12.1 Å². The predicted octanol–water partition coefficient (Wildman–Crippen LogP) is 4.11. The van der Waals surface area contributed by atoms with Gasteiger partial charge in [-0.1, -0.05) is 38.5 Å². The van der Waals surface area contributed by atoms with Crippen molar-refractivity contribution >= 4 is 0 Å². The van der Waals surface area contributed by atoms with Crippen LogP contribution in [-0.4, -0.2) is 19.2 Å². The van der Waals surface area contributed by atoms with Gasteiger partial charge in [0.25, 0.3) is 0 Å². The van der Waals surface area contributed by atoms with Crippen LogP contribution in [0.2, 0.25) is 0 Å². The molecule has 2 aliphatic rings. The first kappa shape index (κ1) is 13.9. The van der Waals surface area contributed by atoms with Crippen LogP contribution in [0, 0.1) is 5.41 Å². The summed E-state index contributed by atoms with van der Waals surface area (Å²) in [6.07, 6.45) is 6.61. The summed E-state index contributed by atoms with van der Waals surface area (Å²) in [5.41, 5.74) is 1.87. The molecule has 0 saturated heterocycles. The molecule has 2 fully saturated rings. The second-order valence-corrected chi connectivity index (χ2v) is 7.21. The van der Waals surface area contributed by atoms with Crippen molar-refractivity contribution in [2.24, 2.45) is 5.41 Å². The first-order chi connectivity index (χ1) is 9.60. The second kappa shape index (κ2) is 5.40. The van der Waals surface area contributed by atoms with E-state index in [1.165, 1.54) is 37.7 Å². The van der Waals surface area contributed by atoms with Crippen LogP contribution in [0.25, 0.3) is 0 Å². The number of rotatable bonds is 4. The zero-order valence-corrected chi connectivity index (χ0v) is 13.0. The van der Waals surface area contributed by atoms with E-state index in [2.05, 4.69) is 43.4 Å². The standard InChI is InChI=1S/C18H27NO/c1-18(2)10-6-9-17(18)19-14-11-13(12-14)15-7-4-5-8-16(15)20-3/h4-5,7-8,13-14,17,19H,6,9-12H2,1-3H3. The maximum atomic E-state index is 5.48. The summed E-state index contributed by atoms with van der Waals surface area (Å²) in [5, 5.41) is 3.90. The van der Waals surface area contributed by atoms with Crippen LogP contribution >= 0.6 is 0 Å². The molecule has 1 aromatic carbocycles. The number of hydrogen-bond donors (Lipinski definition) is 1. The third kappa shape index (κ3) is 2.58. The van der Waals surface area contributed by atoms with Gasteiger partial charge in [0.05, 0.1) is 7.11 Å². The maximum Gasteiger partial charge on any atom is 0.122 e. The summed E-state index contributed by atoms with van der Waals surface area (Å²) in [6.45, 7) is 4.82. The molecule has 3 rings (SSSR count). The van der Waals surface area contributed by atoms with Crippen molar-refractivity contribution in [3.63, 3.8) is 0 Å². The molecule has 0 aromatic heterocycles. The van der Waals surface area contributed by atoms with Gasteiger partial charge in [-0.2, -0.15) is 0 Å². The van der Waals surface area contributed by atoms with Crippen LogP contribution in [0.1, 0.15) is 57.4 Å². The first-order valence-corrected chi connectivity index (χ1v) is 7.99. The molecule has 1 unspecified atom stereocenters. The Hall–Kier alpha value is -1.02. The largest absolute Gasteiger partial charge is 0.496 e. The summed E-state index contributed by atoms with van der Waals surface area (Å²) < 4.78 is 5.48. The first-order valence-electron chi connectivity index (χ1n) is 7.99. The van der Waals surface area contributed by atoms with E-state index in [4.69, 9.17) is 4.74 Å². The van der Waals surface area contributed by atoms with Gasteiger partial charge < -0.3 is 10.1 Å². The Bertz CT molecular complexity index is 462. The van der Waals surface area contributed by atoms with Crippen LogP contribution in [0.4, 0.5) is 0 Å². The summed E-state index contributed by atoms with van der Waals surface area (Å²) in [4.78, 5) is 0. The SMILES string of the molecule is COc1ccccc1C1CC(NC2CCCC2(C)C)C1. The van der Waals surface area contributed by atoms with E-state index in [9.17, 15) is 0 Å². The summed E-state index contributed by atoms with van der Waals surface area (Å²) >= 11 is 0. The molecular weight excluding hydrogens is 246 g/mol. The maximum absolute atomic E-state index is 5.48. The average molecular weight is 273 g/mol. The number of ether oxygens (including phenoxy) is 1. The van der Waals surface area contributed by atoms with Gasteiger partial charge in [0.2, 0.25) is 0 Å². The molecule has 2 heteroatoms. The molecule has 0 heterocycles. The van der Waals surface area contributed by atoms with E-state index in [0.717, 1.165) is 5.75 Å². The van der Waals surface area contributed by atoms with Crippen LogP contribution in [0.5, 0.6) is 5.75 Å². The average Bonchev–Trinajstić information content (AvgIpc) is 2.72. The molecule has 2 saturated carbocycles. The van der Waals surface area contributed by atoms with Crippen LogP contribution in [0.3, 0.4) is 0 Å². The van der Waals surface area contributed by atoms with Crippen LogP contribution in [0.15, 0.2) is 24.3 Å². The van der Waals surface area contributed by atoms with Crippen molar-refractivity contribution in [1.82, 2.24) is 5.32 Å². The van der Waals surface area contributed by atoms with E-state index in [-0.39, 0.29) is 0 Å². The van der Waals surface area contributed by atoms with E-state index in [1.54, 1.807) is 7.11 Å². The minimum absolute atomic E-state index is 0.482. The van der Waals surface area contributed by atoms with Gasteiger partial charge in [-0.15, -0.1) is 0 Å². The zero-order valence-electron chi connectivity index (χ0n) is 13.0. The fourth-order valence-corrected chi connectivity index (χ4v) is 3.93. The van der Waals surface area contributed by atoms with Gasteiger partial charge in [-0.25, -0.2) is 0 Å². The number of benzene rings is 1. The van der Waals surface area contributed by atoms with Crippen molar-refractivity contribution < 1.29 is 4.74 Å². The number of para-hydroxylation sites is 1. The van der Waals surface area contributed by atoms with E-state index < -0.39 is 0 Å². The van der Waals surface area contributed by atoms with Gasteiger partial charge in [0.15, 0.2) is 0 Å². The molecule has 0 bridgehead atoms. The molecule has 0 radical (unpaired) electrons. The van der Waals surface area contributed by atoms with E-state index in [1.807, 2.05) is 0 Å². The molecule has 0 aliphatic heterocycles. The highest BCUT2D eigenvalue weighted by Crippen LogP contribution is 2.43. The highest BCUT2D eigenvalue weighted by atomic mass is 16.5. The van der Waals surface area contributed by atoms with Gasteiger partial charge in [0.1, 0.15) is 5.75 Å². The lowest BCUT2D eigenvalue weighted by Gasteiger charge is -2.41. The molecular formula is C18H27NO. The molecule has 0 spiro atoms. The van der Waals surface area contributed by atoms with Crippen molar-refractivity contribution in [3.05, 3.63) is 29.8 Å². The molecule has 20 heavy (non-hydrogen) atoms. The fourth-order valence-electron chi connectivity index (χ4n) is 3.93. The van der Waals surface area contributed by atoms with E-state index >= 15 is 0 Å². The molecule has 2 aliphatic carbocycles. The van der Waals surface area contributed by atoms with Crippen molar-refractivity contribution in [2.45, 2.75) is 64.0 Å². The van der Waals surface area contributed by atoms with Crippen molar-refractivity contribution in [2.75, 3.05) is 7.11 Å². The molecule has 2 nitrogen and oxygen atoms in total. The van der Waals surface area contributed by atoms with Crippen LogP contribution < -0.4 is 10.1 Å². The normalized spacial score (nSPS) is 31.9. The summed E-state index contributed by atoms with van der Waals surface area (Å²) in [5.74, 6) is 1.73. The lowest BCUT2D eigenvalue weighted by molar-refractivity contribution is 0.201. The quantitative estimate of drug-likeness (QED) is 0.891. The number of nitrogens with one attached hydrogen (secondary N) is 1. The molecule has 110 valence electrons. The van der Waals surface area contributed by atoms with Gasteiger partial charge in [-0.3, -0.25) is 0 Å². The number of methoxy groups -OCH3 is 1. The second-order valence-electron chi connectivity index (χ2n) is 7.21. The highest BCUT2D eigenvalue weighted by Gasteiger charge is 2.39. The monoisotopic (exact) mass is 273 g/mol. The Morgan fingerprint density at radius 2 is 1.95 bits per heavy atom. The van der Waals surface area contributed by atoms with Gasteiger partial charge in [-0.05, 0) is 48.6 Å². The lowest BCUT2D eigenvalue weighted by Crippen LogP contribution is -2.49. The minimum atomic E-state index is 0.482. The molecule has 0 amide bonds. The Morgan fingerprint density at radius 1 is 1.20 bits per heavy atom. The zero-order chi connectivity index (χ0) is 14.2. The highest BCUT2D eigenvalue weighted by molar-refractivity contribution is 5.37. The Labute approximate surface area is 122 Å². The fraction of sp³-hybridized carbons (Fsp3) is 0.667. The predicted molar refractivity (Wildman–Crippen MR) is 83.3 cm³/mol. The molecule has 1 atom stereocenters. The smallest absolute Gasteiger partial charge is 0.122 e. The minimum Gasteiger partial charge on any atom is -0.496 e. The summed E-state index contributed by atoms with van der Waals surface area (Å²) in [6, 6.07) is 9.89. The Kier molecular flexibility index (Phi) is 3.76. The van der Waals surface area contributed by atoms with Crippen LogP contribution in [-0.2, 0) is 0 Å². The third-order valence-electron chi connectivity index (χ3n) is 5.41. The third-order valence-corrected chi connectivity index (χ3v) is 5.41. The Balaban J connectivity index is 1.56. The van der Waals surface area contributed by atoms with Gasteiger partial charge >= 0.3 is 0 Å². The molecule has 1 aromatic rings. The number of hydrogen-bond acceptors (Lipinski definition) is 2. The Morgan fingerprint density at radius 3 is 2.60 bits per heavy atom. The topological polar surface area (TPSA) is 21.3 Å². The summed E-state index contributed by atoms with van der Waals surface area (Å²) in [7, 11) is 1.77. The van der Waals surface area contributed by atoms with E-state index in [0.29, 0.717) is 23.4 Å².